The molecule has 0 fully saturated rings. The van der Waals surface area contributed by atoms with Gasteiger partial charge in [-0.1, -0.05) is 12.1 Å². The number of carbonyl (C=O) groups is 2. The van der Waals surface area contributed by atoms with Gasteiger partial charge in [-0.15, -0.1) is 0 Å². The summed E-state index contributed by atoms with van der Waals surface area (Å²) in [6.07, 6.45) is 3.45. The van der Waals surface area contributed by atoms with Crippen molar-refractivity contribution in [3.8, 4) is 17.2 Å². The number of nitrogens with zero attached hydrogens (tertiary/aromatic N) is 2. The third kappa shape index (κ3) is 11.2. The number of rotatable bonds is 19. The molecule has 0 saturated heterocycles. The molecular formula is C31H45N3O6. The fourth-order valence-electron chi connectivity index (χ4n) is 4.27. The first-order valence-electron chi connectivity index (χ1n) is 14.2. The van der Waals surface area contributed by atoms with E-state index >= 15 is 0 Å². The van der Waals surface area contributed by atoms with Crippen molar-refractivity contribution >= 4 is 11.9 Å². The van der Waals surface area contributed by atoms with Crippen LogP contribution in [0.25, 0.3) is 0 Å². The highest BCUT2D eigenvalue weighted by Crippen LogP contribution is 2.28. The van der Waals surface area contributed by atoms with Gasteiger partial charge in [0.05, 0.1) is 38.5 Å². The fourth-order valence-corrected chi connectivity index (χ4v) is 4.27. The Kier molecular flexibility index (Phi) is 14.6. The zero-order valence-electron chi connectivity index (χ0n) is 24.6. The van der Waals surface area contributed by atoms with Gasteiger partial charge in [0.2, 0.25) is 0 Å². The summed E-state index contributed by atoms with van der Waals surface area (Å²) in [4.78, 5) is 26.9. The molecule has 2 rings (SSSR count). The lowest BCUT2D eigenvalue weighted by molar-refractivity contribution is -0.143. The molecule has 0 unspecified atom stereocenters. The highest BCUT2D eigenvalue weighted by atomic mass is 16.5. The van der Waals surface area contributed by atoms with Gasteiger partial charge < -0.3 is 23.8 Å². The highest BCUT2D eigenvalue weighted by Gasteiger charge is 2.25. The Bertz CT molecular complexity index is 1050. The van der Waals surface area contributed by atoms with E-state index in [0.29, 0.717) is 49.8 Å². The number of carbonyl (C=O) groups excluding carboxylic acids is 2. The van der Waals surface area contributed by atoms with Gasteiger partial charge in [0.25, 0.3) is 5.91 Å². The summed E-state index contributed by atoms with van der Waals surface area (Å²) in [7, 11) is 0. The molecule has 220 valence electrons. The van der Waals surface area contributed by atoms with Gasteiger partial charge in [-0.25, -0.2) is 5.53 Å². The van der Waals surface area contributed by atoms with Gasteiger partial charge in [0, 0.05) is 24.6 Å². The molecule has 2 aromatic carbocycles. The van der Waals surface area contributed by atoms with Gasteiger partial charge in [0.15, 0.2) is 0 Å². The van der Waals surface area contributed by atoms with E-state index in [-0.39, 0.29) is 37.0 Å². The second-order valence-corrected chi connectivity index (χ2v) is 10.0. The summed E-state index contributed by atoms with van der Waals surface area (Å²) in [6.45, 7) is 11.9. The van der Waals surface area contributed by atoms with Crippen LogP contribution in [0.15, 0.2) is 47.6 Å². The van der Waals surface area contributed by atoms with Gasteiger partial charge in [-0.2, -0.15) is 5.11 Å². The smallest absolute Gasteiger partial charge is 0.305 e. The van der Waals surface area contributed by atoms with E-state index in [2.05, 4.69) is 5.11 Å². The minimum Gasteiger partial charge on any atom is -0.494 e. The van der Waals surface area contributed by atoms with Crippen LogP contribution in [-0.2, 0) is 16.1 Å². The van der Waals surface area contributed by atoms with E-state index in [4.69, 9.17) is 24.5 Å². The number of hydrogen-bond donors (Lipinski definition) is 1. The summed E-state index contributed by atoms with van der Waals surface area (Å²) >= 11 is 0. The van der Waals surface area contributed by atoms with Crippen LogP contribution in [0.3, 0.4) is 0 Å². The molecule has 0 saturated carbocycles. The Morgan fingerprint density at radius 3 is 2.02 bits per heavy atom. The molecule has 0 radical (unpaired) electrons. The topological polar surface area (TPSA) is 111 Å². The first-order valence-corrected chi connectivity index (χ1v) is 14.2. The predicted molar refractivity (Wildman–Crippen MR) is 154 cm³/mol. The second-order valence-electron chi connectivity index (χ2n) is 10.0. The zero-order chi connectivity index (χ0) is 29.3. The summed E-state index contributed by atoms with van der Waals surface area (Å²) in [5, 5.41) is 3.38. The lowest BCUT2D eigenvalue weighted by atomic mass is 10.1. The average molecular weight is 556 g/mol. The van der Waals surface area contributed by atoms with Crippen LogP contribution < -0.4 is 14.2 Å². The molecule has 1 N–H and O–H groups in total. The number of nitrogens with one attached hydrogen (secondary N) is 1. The van der Waals surface area contributed by atoms with E-state index in [1.54, 1.807) is 25.1 Å². The maximum absolute atomic E-state index is 13.4. The summed E-state index contributed by atoms with van der Waals surface area (Å²) in [5.74, 6) is 1.54. The molecule has 40 heavy (non-hydrogen) atoms. The van der Waals surface area contributed by atoms with E-state index in [9.17, 15) is 9.59 Å². The highest BCUT2D eigenvalue weighted by molar-refractivity contribution is 5.97. The molecule has 0 aliphatic carbocycles. The molecule has 0 bridgehead atoms. The lowest BCUT2D eigenvalue weighted by Gasteiger charge is -2.31. The number of amides is 1. The normalized spacial score (nSPS) is 10.9. The molecule has 9 nitrogen and oxygen atoms in total. The van der Waals surface area contributed by atoms with Crippen molar-refractivity contribution in [3.63, 3.8) is 0 Å². The van der Waals surface area contributed by atoms with Crippen molar-refractivity contribution in [2.45, 2.75) is 85.4 Å². The van der Waals surface area contributed by atoms with Crippen molar-refractivity contribution in [2.24, 2.45) is 5.11 Å². The van der Waals surface area contributed by atoms with Crippen LogP contribution >= 0.6 is 0 Å². The molecule has 0 spiro atoms. The minimum absolute atomic E-state index is 0.0353. The molecule has 0 aromatic heterocycles. The van der Waals surface area contributed by atoms with Crippen molar-refractivity contribution in [1.29, 1.82) is 5.53 Å². The molecule has 0 heterocycles. The first kappa shape index (κ1) is 32.6. The Labute approximate surface area is 238 Å². The fraction of sp³-hybridized carbons (Fsp3) is 0.548. The second kappa shape index (κ2) is 17.9. The van der Waals surface area contributed by atoms with Crippen molar-refractivity contribution in [1.82, 2.24) is 4.90 Å². The van der Waals surface area contributed by atoms with Crippen LogP contribution in [0.4, 0.5) is 0 Å². The molecule has 9 heteroatoms. The monoisotopic (exact) mass is 555 g/mol. The van der Waals surface area contributed by atoms with Gasteiger partial charge in [0.1, 0.15) is 17.2 Å². The van der Waals surface area contributed by atoms with Crippen molar-refractivity contribution in [3.05, 3.63) is 53.6 Å². The minimum atomic E-state index is -0.259. The Balaban J connectivity index is 1.90. The number of ether oxygens (including phenoxy) is 4. The zero-order valence-corrected chi connectivity index (χ0v) is 24.6. The predicted octanol–water partition coefficient (Wildman–Crippen LogP) is 6.83. The third-order valence-corrected chi connectivity index (χ3v) is 6.13. The molecule has 1 amide bonds. The molecular weight excluding hydrogens is 510 g/mol. The Morgan fingerprint density at radius 1 is 0.825 bits per heavy atom. The Hall–Kier alpha value is -3.62. The Morgan fingerprint density at radius 2 is 1.43 bits per heavy atom. The lowest BCUT2D eigenvalue weighted by Crippen LogP contribution is -2.42. The number of esters is 1. The van der Waals surface area contributed by atoms with Gasteiger partial charge in [-0.05, 0) is 90.1 Å². The molecule has 0 aliphatic rings. The molecule has 2 aromatic rings. The van der Waals surface area contributed by atoms with Crippen LogP contribution in [-0.4, -0.2) is 55.3 Å². The molecule has 0 atom stereocenters. The summed E-state index contributed by atoms with van der Waals surface area (Å²) in [5.41, 5.74) is 8.39. The number of benzene rings is 2. The van der Waals surface area contributed by atoms with Crippen molar-refractivity contribution in [2.75, 3.05) is 26.4 Å². The van der Waals surface area contributed by atoms with E-state index in [0.717, 1.165) is 30.6 Å². The molecule has 0 aliphatic heterocycles. The van der Waals surface area contributed by atoms with Gasteiger partial charge in [-0.3, -0.25) is 9.59 Å². The van der Waals surface area contributed by atoms with E-state index in [1.165, 1.54) is 0 Å². The summed E-state index contributed by atoms with van der Waals surface area (Å²) in [6, 6.07) is 13.0. The van der Waals surface area contributed by atoms with E-state index in [1.807, 2.05) is 56.9 Å². The first-order chi connectivity index (χ1) is 19.3. The van der Waals surface area contributed by atoms with E-state index < -0.39 is 0 Å². The maximum atomic E-state index is 13.4. The van der Waals surface area contributed by atoms with Crippen LogP contribution in [0.1, 0.15) is 82.6 Å². The van der Waals surface area contributed by atoms with Crippen LogP contribution in [0, 0.1) is 5.53 Å². The standard InChI is InChI=1S/C31H45N3O6/c1-6-37-30(35)11-10-20-40-29-21-27(16-17-28(29)31(36)34(23(2)3)24(4)5)39-19-9-7-8-18-38-26-14-12-25(13-15-26)22-33-32/h12-17,21,23-24,32H,6-11,18-20,22H2,1-5H3. The largest absolute Gasteiger partial charge is 0.494 e. The van der Waals surface area contributed by atoms with Gasteiger partial charge >= 0.3 is 5.97 Å². The SMILES string of the molecule is CCOC(=O)CCCOc1cc(OCCCCCOc2ccc(CN=N)cc2)ccc1C(=O)N(C(C)C)C(C)C. The summed E-state index contributed by atoms with van der Waals surface area (Å²) < 4.78 is 22.7. The quantitative estimate of drug-likeness (QED) is 0.116. The van der Waals surface area contributed by atoms with Crippen molar-refractivity contribution < 1.29 is 28.5 Å². The third-order valence-electron chi connectivity index (χ3n) is 6.13. The van der Waals surface area contributed by atoms with Crippen LogP contribution in [0.2, 0.25) is 0 Å². The average Bonchev–Trinajstić information content (AvgIpc) is 2.91. The van der Waals surface area contributed by atoms with Crippen LogP contribution in [0.5, 0.6) is 17.2 Å². The number of hydrogen-bond acceptors (Lipinski definition) is 8. The maximum Gasteiger partial charge on any atom is 0.305 e. The number of unbranched alkanes of at least 4 members (excludes halogenated alkanes) is 2.